The van der Waals surface area contributed by atoms with Crippen molar-refractivity contribution in [3.8, 4) is 5.69 Å². The van der Waals surface area contributed by atoms with Crippen molar-refractivity contribution in [2.45, 2.75) is 32.7 Å². The second-order valence-corrected chi connectivity index (χ2v) is 5.03. The van der Waals surface area contributed by atoms with Crippen LogP contribution in [0.25, 0.3) is 5.69 Å². The second kappa shape index (κ2) is 4.40. The van der Waals surface area contributed by atoms with Gasteiger partial charge in [0.15, 0.2) is 0 Å². The Morgan fingerprint density at radius 1 is 1.39 bits per heavy atom. The lowest BCUT2D eigenvalue weighted by Gasteiger charge is -2.15. The number of benzene rings is 1. The van der Waals surface area contributed by atoms with Gasteiger partial charge in [-0.25, -0.2) is 4.68 Å². The maximum absolute atomic E-state index is 3.91. The zero-order valence-electron chi connectivity index (χ0n) is 10.7. The number of hydrogen-bond donors (Lipinski definition) is 1. The van der Waals surface area contributed by atoms with Crippen molar-refractivity contribution in [1.82, 2.24) is 20.2 Å². The van der Waals surface area contributed by atoms with E-state index in [4.69, 9.17) is 0 Å². The number of rotatable bonds is 4. The van der Waals surface area contributed by atoms with E-state index in [2.05, 4.69) is 46.8 Å². The molecule has 0 aliphatic heterocycles. The minimum absolute atomic E-state index is 0.559. The van der Waals surface area contributed by atoms with Crippen LogP contribution in [-0.2, 0) is 0 Å². The van der Waals surface area contributed by atoms with Crippen molar-refractivity contribution >= 4 is 5.69 Å². The molecule has 1 N–H and O–H groups in total. The molecule has 1 saturated carbocycles. The van der Waals surface area contributed by atoms with Crippen LogP contribution >= 0.6 is 0 Å². The highest BCUT2D eigenvalue weighted by Gasteiger charge is 2.27. The van der Waals surface area contributed by atoms with Crippen LogP contribution in [0.2, 0.25) is 0 Å². The molecule has 1 atom stereocenters. The molecule has 94 valence electrons. The van der Waals surface area contributed by atoms with Crippen LogP contribution in [0, 0.1) is 12.8 Å². The molecule has 0 spiro atoms. The Morgan fingerprint density at radius 3 is 2.83 bits per heavy atom. The average molecular weight is 243 g/mol. The molecule has 18 heavy (non-hydrogen) atoms. The van der Waals surface area contributed by atoms with Crippen molar-refractivity contribution in [3.05, 3.63) is 30.1 Å². The van der Waals surface area contributed by atoms with Crippen LogP contribution < -0.4 is 5.32 Å². The molecule has 5 nitrogen and oxygen atoms in total. The summed E-state index contributed by atoms with van der Waals surface area (Å²) >= 11 is 0. The number of anilines is 1. The number of tetrazole rings is 1. The van der Waals surface area contributed by atoms with Crippen LogP contribution in [-0.4, -0.2) is 26.2 Å². The topological polar surface area (TPSA) is 55.6 Å². The van der Waals surface area contributed by atoms with Gasteiger partial charge < -0.3 is 5.32 Å². The van der Waals surface area contributed by atoms with E-state index in [9.17, 15) is 0 Å². The monoisotopic (exact) mass is 243 g/mol. The van der Waals surface area contributed by atoms with Gasteiger partial charge in [-0.1, -0.05) is 0 Å². The first-order valence-electron chi connectivity index (χ1n) is 6.34. The van der Waals surface area contributed by atoms with Crippen molar-refractivity contribution in [2.75, 3.05) is 5.32 Å². The van der Waals surface area contributed by atoms with E-state index < -0.39 is 0 Å². The Kier molecular flexibility index (Phi) is 2.74. The Balaban J connectivity index is 1.80. The summed E-state index contributed by atoms with van der Waals surface area (Å²) in [5.41, 5.74) is 3.35. The molecular weight excluding hydrogens is 226 g/mol. The molecule has 0 bridgehead atoms. The SMILES string of the molecule is Cc1cc(NC(C)C2CC2)ccc1-n1cnnn1. The summed E-state index contributed by atoms with van der Waals surface area (Å²) in [6.07, 6.45) is 4.33. The third kappa shape index (κ3) is 2.20. The zero-order valence-corrected chi connectivity index (χ0v) is 10.7. The molecule has 0 radical (unpaired) electrons. The van der Waals surface area contributed by atoms with Gasteiger partial charge in [-0.05, 0) is 66.8 Å². The van der Waals surface area contributed by atoms with E-state index in [0.29, 0.717) is 6.04 Å². The van der Waals surface area contributed by atoms with Gasteiger partial charge >= 0.3 is 0 Å². The van der Waals surface area contributed by atoms with Crippen LogP contribution in [0.5, 0.6) is 0 Å². The number of hydrogen-bond acceptors (Lipinski definition) is 4. The number of aromatic nitrogens is 4. The molecule has 1 aromatic carbocycles. The molecule has 1 aliphatic rings. The van der Waals surface area contributed by atoms with E-state index in [1.165, 1.54) is 18.5 Å². The van der Waals surface area contributed by atoms with Crippen molar-refractivity contribution in [1.29, 1.82) is 0 Å². The van der Waals surface area contributed by atoms with E-state index in [-0.39, 0.29) is 0 Å². The van der Waals surface area contributed by atoms with E-state index in [1.54, 1.807) is 11.0 Å². The fourth-order valence-electron chi connectivity index (χ4n) is 2.25. The third-order valence-electron chi connectivity index (χ3n) is 3.52. The highest BCUT2D eigenvalue weighted by atomic mass is 15.5. The molecule has 1 aromatic heterocycles. The van der Waals surface area contributed by atoms with E-state index in [1.807, 2.05) is 6.07 Å². The summed E-state index contributed by atoms with van der Waals surface area (Å²) in [5, 5.41) is 14.8. The molecule has 5 heteroatoms. The first kappa shape index (κ1) is 11.2. The van der Waals surface area contributed by atoms with Gasteiger partial charge in [-0.2, -0.15) is 0 Å². The molecule has 2 aromatic rings. The predicted octanol–water partition coefficient (Wildman–Crippen LogP) is 2.18. The van der Waals surface area contributed by atoms with Gasteiger partial charge in [0, 0.05) is 11.7 Å². The van der Waals surface area contributed by atoms with Crippen LogP contribution in [0.1, 0.15) is 25.3 Å². The number of aryl methyl sites for hydroxylation is 1. The highest BCUT2D eigenvalue weighted by molar-refractivity contribution is 5.53. The second-order valence-electron chi connectivity index (χ2n) is 5.03. The molecule has 1 unspecified atom stereocenters. The molecule has 0 saturated heterocycles. The van der Waals surface area contributed by atoms with Crippen molar-refractivity contribution in [2.24, 2.45) is 5.92 Å². The van der Waals surface area contributed by atoms with Crippen LogP contribution in [0.3, 0.4) is 0 Å². The summed E-state index contributed by atoms with van der Waals surface area (Å²) < 4.78 is 1.68. The normalized spacial score (nSPS) is 16.6. The summed E-state index contributed by atoms with van der Waals surface area (Å²) in [6, 6.07) is 6.84. The molecule has 1 heterocycles. The maximum atomic E-state index is 3.91. The van der Waals surface area contributed by atoms with Crippen LogP contribution in [0.4, 0.5) is 5.69 Å². The zero-order chi connectivity index (χ0) is 12.5. The Labute approximate surface area is 106 Å². The number of nitrogens with one attached hydrogen (secondary N) is 1. The largest absolute Gasteiger partial charge is 0.382 e. The lowest BCUT2D eigenvalue weighted by atomic mass is 10.1. The molecule has 0 amide bonds. The van der Waals surface area contributed by atoms with Gasteiger partial charge in [-0.15, -0.1) is 5.10 Å². The van der Waals surface area contributed by atoms with Gasteiger partial charge in [0.1, 0.15) is 6.33 Å². The van der Waals surface area contributed by atoms with Gasteiger partial charge in [0.05, 0.1) is 5.69 Å². The fourth-order valence-corrected chi connectivity index (χ4v) is 2.25. The minimum Gasteiger partial charge on any atom is -0.382 e. The Bertz CT molecular complexity index is 530. The summed E-state index contributed by atoms with van der Waals surface area (Å²) in [5.74, 6) is 0.851. The van der Waals surface area contributed by atoms with Crippen molar-refractivity contribution in [3.63, 3.8) is 0 Å². The minimum atomic E-state index is 0.559. The summed E-state index contributed by atoms with van der Waals surface area (Å²) in [4.78, 5) is 0. The molecule has 1 aliphatic carbocycles. The molecule has 1 fully saturated rings. The van der Waals surface area contributed by atoms with E-state index in [0.717, 1.165) is 17.2 Å². The standard InChI is InChI=1S/C13H17N5/c1-9-7-12(15-10(2)11-3-4-11)5-6-13(9)18-8-14-16-17-18/h5-8,10-11,15H,3-4H2,1-2H3. The van der Waals surface area contributed by atoms with Crippen LogP contribution in [0.15, 0.2) is 24.5 Å². The quantitative estimate of drug-likeness (QED) is 0.894. The Morgan fingerprint density at radius 2 is 2.22 bits per heavy atom. The van der Waals surface area contributed by atoms with E-state index >= 15 is 0 Å². The van der Waals surface area contributed by atoms with Crippen molar-refractivity contribution < 1.29 is 0 Å². The predicted molar refractivity (Wildman–Crippen MR) is 69.7 cm³/mol. The first-order chi connectivity index (χ1) is 8.74. The summed E-state index contributed by atoms with van der Waals surface area (Å²) in [7, 11) is 0. The maximum Gasteiger partial charge on any atom is 0.143 e. The first-order valence-corrected chi connectivity index (χ1v) is 6.34. The smallest absolute Gasteiger partial charge is 0.143 e. The lowest BCUT2D eigenvalue weighted by molar-refractivity contribution is 0.694. The third-order valence-corrected chi connectivity index (χ3v) is 3.52. The highest BCUT2D eigenvalue weighted by Crippen LogP contribution is 2.34. The lowest BCUT2D eigenvalue weighted by Crippen LogP contribution is -2.17. The Hall–Kier alpha value is -1.91. The van der Waals surface area contributed by atoms with Gasteiger partial charge in [-0.3, -0.25) is 0 Å². The molecule has 3 rings (SSSR count). The van der Waals surface area contributed by atoms with Gasteiger partial charge in [0.2, 0.25) is 0 Å². The average Bonchev–Trinajstić information content (AvgIpc) is 3.07. The van der Waals surface area contributed by atoms with Gasteiger partial charge in [0.25, 0.3) is 0 Å². The number of nitrogens with zero attached hydrogens (tertiary/aromatic N) is 4. The summed E-state index contributed by atoms with van der Waals surface area (Å²) in [6.45, 7) is 4.33. The molecular formula is C13H17N5. The fraction of sp³-hybridized carbons (Fsp3) is 0.462.